The van der Waals surface area contributed by atoms with Gasteiger partial charge in [-0.3, -0.25) is 14.4 Å². The summed E-state index contributed by atoms with van der Waals surface area (Å²) < 4.78 is 0. The summed E-state index contributed by atoms with van der Waals surface area (Å²) in [6.45, 7) is 9.50. The second-order valence-electron chi connectivity index (χ2n) is 8.05. The van der Waals surface area contributed by atoms with Crippen LogP contribution in [0.2, 0.25) is 0 Å². The van der Waals surface area contributed by atoms with E-state index in [1.54, 1.807) is 0 Å². The molecule has 1 aromatic heterocycles. The second kappa shape index (κ2) is 8.99. The van der Waals surface area contributed by atoms with Gasteiger partial charge in [-0.1, -0.05) is 13.8 Å². The zero-order chi connectivity index (χ0) is 18.7. The molecule has 7 nitrogen and oxygen atoms in total. The Bertz CT molecular complexity index is 754. The largest absolute Gasteiger partial charge is 0.352 e. The summed E-state index contributed by atoms with van der Waals surface area (Å²) in [7, 11) is 0. The number of ketones is 1. The van der Waals surface area contributed by atoms with Crippen LogP contribution >= 0.6 is 12.4 Å². The van der Waals surface area contributed by atoms with Crippen molar-refractivity contribution in [2.75, 3.05) is 39.3 Å². The van der Waals surface area contributed by atoms with E-state index in [1.165, 1.54) is 6.07 Å². The second-order valence-corrected chi connectivity index (χ2v) is 8.05. The number of carbonyl (C=O) groups excluding carboxylic acids is 2. The maximum Gasteiger partial charge on any atom is 0.261 e. The number of piperazine rings is 1. The monoisotopic (exact) mass is 396 g/mol. The fourth-order valence-electron chi connectivity index (χ4n) is 3.73. The van der Waals surface area contributed by atoms with Gasteiger partial charge >= 0.3 is 0 Å². The standard InChI is InChI=1S/C19H28N4O3.ClH/c1-19(2)11-15-13(16(24)12-19)10-14(18(26)22-15)17(25)21-4-3-7-23-8-5-20-6-9-23;/h10,20H,3-9,11-12H2,1-2H3,(H,21,25)(H,22,26);1H. The first-order chi connectivity index (χ1) is 12.4. The fraction of sp³-hybridized carbons (Fsp3) is 0.632. The Balaban J connectivity index is 0.00000261. The number of aromatic nitrogens is 1. The Morgan fingerprint density at radius 2 is 1.93 bits per heavy atom. The molecule has 0 spiro atoms. The number of halogens is 1. The van der Waals surface area contributed by atoms with Gasteiger partial charge in [0, 0.05) is 50.4 Å². The van der Waals surface area contributed by atoms with E-state index in [0.29, 0.717) is 30.6 Å². The number of Topliss-reactive ketones (excluding diaryl/α,β-unsaturated/α-hetero) is 1. The summed E-state index contributed by atoms with van der Waals surface area (Å²) in [6, 6.07) is 1.47. The molecule has 2 aliphatic rings. The maximum atomic E-state index is 12.4. The first-order valence-corrected chi connectivity index (χ1v) is 9.36. The number of rotatable bonds is 5. The molecule has 0 unspecified atom stereocenters. The number of H-pyrrole nitrogens is 1. The average Bonchev–Trinajstić information content (AvgIpc) is 2.58. The van der Waals surface area contributed by atoms with Crippen LogP contribution in [-0.4, -0.2) is 60.8 Å². The van der Waals surface area contributed by atoms with Gasteiger partial charge in [-0.05, 0) is 30.9 Å². The lowest BCUT2D eigenvalue weighted by Gasteiger charge is -2.29. The van der Waals surface area contributed by atoms with E-state index < -0.39 is 11.5 Å². The minimum Gasteiger partial charge on any atom is -0.352 e. The van der Waals surface area contributed by atoms with E-state index in [9.17, 15) is 14.4 Å². The van der Waals surface area contributed by atoms with Crippen LogP contribution in [0.1, 0.15) is 53.1 Å². The summed E-state index contributed by atoms with van der Waals surface area (Å²) >= 11 is 0. The first-order valence-electron chi connectivity index (χ1n) is 9.36. The highest BCUT2D eigenvalue weighted by Gasteiger charge is 2.32. The number of nitrogens with one attached hydrogen (secondary N) is 3. The topological polar surface area (TPSA) is 94.3 Å². The van der Waals surface area contributed by atoms with E-state index in [4.69, 9.17) is 0 Å². The van der Waals surface area contributed by atoms with Crippen LogP contribution in [0.4, 0.5) is 0 Å². The Hall–Kier alpha value is -1.70. The summed E-state index contributed by atoms with van der Waals surface area (Å²) in [6.07, 6.45) is 1.90. The minimum absolute atomic E-state index is 0. The molecule has 0 bridgehead atoms. The van der Waals surface area contributed by atoms with Crippen molar-refractivity contribution >= 4 is 24.1 Å². The van der Waals surface area contributed by atoms with Crippen LogP contribution in [0.15, 0.2) is 10.9 Å². The van der Waals surface area contributed by atoms with E-state index in [1.807, 2.05) is 13.8 Å². The van der Waals surface area contributed by atoms with Gasteiger partial charge in [0.25, 0.3) is 11.5 Å². The first kappa shape index (κ1) is 21.6. The van der Waals surface area contributed by atoms with Gasteiger partial charge in [-0.25, -0.2) is 0 Å². The Kier molecular flexibility index (Phi) is 7.19. The maximum absolute atomic E-state index is 12.4. The molecule has 3 N–H and O–H groups in total. The number of carbonyl (C=O) groups is 2. The van der Waals surface area contributed by atoms with Crippen molar-refractivity contribution < 1.29 is 9.59 Å². The van der Waals surface area contributed by atoms with Crippen molar-refractivity contribution in [3.63, 3.8) is 0 Å². The fourth-order valence-corrected chi connectivity index (χ4v) is 3.73. The van der Waals surface area contributed by atoms with Crippen LogP contribution in [0.25, 0.3) is 0 Å². The van der Waals surface area contributed by atoms with Crippen LogP contribution in [-0.2, 0) is 6.42 Å². The third-order valence-corrected chi connectivity index (χ3v) is 5.11. The molecule has 1 fully saturated rings. The predicted molar refractivity (Wildman–Crippen MR) is 107 cm³/mol. The Morgan fingerprint density at radius 3 is 2.63 bits per heavy atom. The molecule has 0 saturated carbocycles. The van der Waals surface area contributed by atoms with Crippen molar-refractivity contribution in [1.29, 1.82) is 0 Å². The molecule has 1 aromatic rings. The number of hydrogen-bond donors (Lipinski definition) is 3. The third kappa shape index (κ3) is 5.40. The molecule has 150 valence electrons. The zero-order valence-corrected chi connectivity index (χ0v) is 16.8. The number of nitrogens with zero attached hydrogens (tertiary/aromatic N) is 1. The van der Waals surface area contributed by atoms with E-state index in [2.05, 4.69) is 20.5 Å². The number of hydrogen-bond acceptors (Lipinski definition) is 5. The van der Waals surface area contributed by atoms with Crippen LogP contribution in [0, 0.1) is 5.41 Å². The van der Waals surface area contributed by atoms with Crippen LogP contribution < -0.4 is 16.2 Å². The van der Waals surface area contributed by atoms with Crippen molar-refractivity contribution in [2.45, 2.75) is 33.1 Å². The van der Waals surface area contributed by atoms with Crippen molar-refractivity contribution in [1.82, 2.24) is 20.5 Å². The lowest BCUT2D eigenvalue weighted by atomic mass is 9.75. The predicted octanol–water partition coefficient (Wildman–Crippen LogP) is 0.977. The number of aromatic amines is 1. The van der Waals surface area contributed by atoms with Crippen molar-refractivity contribution in [2.24, 2.45) is 5.41 Å². The molecule has 0 radical (unpaired) electrons. The van der Waals surface area contributed by atoms with E-state index in [0.717, 1.165) is 39.1 Å². The SMILES string of the molecule is CC1(C)CC(=O)c2cc(C(=O)NCCCN3CCNCC3)c(=O)[nH]c2C1.Cl. The van der Waals surface area contributed by atoms with Crippen LogP contribution in [0.3, 0.4) is 0 Å². The molecule has 8 heteroatoms. The van der Waals surface area contributed by atoms with Crippen LogP contribution in [0.5, 0.6) is 0 Å². The lowest BCUT2D eigenvalue weighted by molar-refractivity contribution is 0.0910. The van der Waals surface area contributed by atoms with Gasteiger partial charge in [0.1, 0.15) is 5.56 Å². The average molecular weight is 397 g/mol. The highest BCUT2D eigenvalue weighted by atomic mass is 35.5. The molecular weight excluding hydrogens is 368 g/mol. The smallest absolute Gasteiger partial charge is 0.261 e. The summed E-state index contributed by atoms with van der Waals surface area (Å²) in [5, 5.41) is 6.11. The molecule has 1 amide bonds. The zero-order valence-electron chi connectivity index (χ0n) is 16.0. The molecule has 3 rings (SSSR count). The lowest BCUT2D eigenvalue weighted by Crippen LogP contribution is -2.44. The summed E-state index contributed by atoms with van der Waals surface area (Å²) in [4.78, 5) is 42.1. The number of amides is 1. The molecule has 27 heavy (non-hydrogen) atoms. The Labute approximate surface area is 165 Å². The molecule has 1 aliphatic carbocycles. The normalized spacial score (nSPS) is 19.1. The van der Waals surface area contributed by atoms with E-state index >= 15 is 0 Å². The Morgan fingerprint density at radius 1 is 1.22 bits per heavy atom. The molecule has 0 aromatic carbocycles. The highest BCUT2D eigenvalue weighted by Crippen LogP contribution is 2.33. The molecule has 1 saturated heterocycles. The van der Waals surface area contributed by atoms with Crippen molar-refractivity contribution in [3.05, 3.63) is 33.2 Å². The molecule has 2 heterocycles. The van der Waals surface area contributed by atoms with Crippen molar-refractivity contribution in [3.8, 4) is 0 Å². The van der Waals surface area contributed by atoms with Gasteiger partial charge in [0.15, 0.2) is 5.78 Å². The van der Waals surface area contributed by atoms with Gasteiger partial charge in [0.05, 0.1) is 0 Å². The third-order valence-electron chi connectivity index (χ3n) is 5.11. The molecular formula is C19H29ClN4O3. The number of pyridine rings is 1. The van der Waals surface area contributed by atoms with Gasteiger partial charge in [-0.15, -0.1) is 12.4 Å². The summed E-state index contributed by atoms with van der Waals surface area (Å²) in [5.41, 5.74) is 0.565. The number of fused-ring (bicyclic) bond motifs is 1. The van der Waals surface area contributed by atoms with Gasteiger partial charge in [-0.2, -0.15) is 0 Å². The molecule has 0 atom stereocenters. The minimum atomic E-state index is -0.422. The van der Waals surface area contributed by atoms with Gasteiger partial charge in [0.2, 0.25) is 0 Å². The van der Waals surface area contributed by atoms with Gasteiger partial charge < -0.3 is 20.5 Å². The quantitative estimate of drug-likeness (QED) is 0.645. The van der Waals surface area contributed by atoms with E-state index in [-0.39, 0.29) is 29.2 Å². The highest BCUT2D eigenvalue weighted by molar-refractivity contribution is 6.02. The summed E-state index contributed by atoms with van der Waals surface area (Å²) in [5.74, 6) is -0.424. The molecule has 1 aliphatic heterocycles.